The summed E-state index contributed by atoms with van der Waals surface area (Å²) in [5.41, 5.74) is 2.92. The molecule has 1 aliphatic heterocycles. The number of fused-ring (bicyclic) bond motifs is 5. The molecule has 0 saturated heterocycles. The smallest absolute Gasteiger partial charge is 0.328 e. The maximum absolute atomic E-state index is 14.1. The lowest BCUT2D eigenvalue weighted by Crippen LogP contribution is -2.60. The largest absolute Gasteiger partial charge is 0.468 e. The molecule has 0 bridgehead atoms. The number of rotatable bonds is 3. The van der Waals surface area contributed by atoms with Gasteiger partial charge in [-0.25, -0.2) is 8.42 Å². The Labute approximate surface area is 181 Å². The third-order valence-electron chi connectivity index (χ3n) is 6.77. The van der Waals surface area contributed by atoms with Gasteiger partial charge in [-0.05, 0) is 23.8 Å². The summed E-state index contributed by atoms with van der Waals surface area (Å²) in [6.07, 6.45) is 3.82. The van der Waals surface area contributed by atoms with E-state index in [9.17, 15) is 13.2 Å². The number of aryl methyl sites for hydroxylation is 1. The van der Waals surface area contributed by atoms with Crippen LogP contribution in [0.25, 0.3) is 10.9 Å². The molecule has 31 heavy (non-hydrogen) atoms. The van der Waals surface area contributed by atoms with E-state index in [1.807, 2.05) is 42.0 Å². The van der Waals surface area contributed by atoms with Crippen molar-refractivity contribution in [3.05, 3.63) is 78.0 Å². The molecule has 3 atom stereocenters. The molecule has 0 spiro atoms. The molecule has 3 aromatic rings. The molecule has 1 aromatic heterocycles. The van der Waals surface area contributed by atoms with E-state index in [0.29, 0.717) is 6.54 Å². The minimum atomic E-state index is -4.08. The van der Waals surface area contributed by atoms with Gasteiger partial charge in [-0.15, -0.1) is 0 Å². The van der Waals surface area contributed by atoms with E-state index < -0.39 is 26.5 Å². The zero-order valence-corrected chi connectivity index (χ0v) is 18.2. The number of nitrogens with zero attached hydrogens (tertiary/aromatic N) is 1. The third kappa shape index (κ3) is 2.60. The number of methoxy groups -OCH3 is 1. The normalized spacial score (nSPS) is 25.1. The zero-order valence-electron chi connectivity index (χ0n) is 17.4. The molecule has 0 radical (unpaired) electrons. The van der Waals surface area contributed by atoms with Crippen molar-refractivity contribution < 1.29 is 17.9 Å². The van der Waals surface area contributed by atoms with Crippen LogP contribution in [-0.4, -0.2) is 37.4 Å². The summed E-state index contributed by atoms with van der Waals surface area (Å²) in [4.78, 5) is 13.6. The summed E-state index contributed by atoms with van der Waals surface area (Å²) in [7, 11) is -0.893. The van der Waals surface area contributed by atoms with Crippen LogP contribution in [0.4, 0.5) is 0 Å². The summed E-state index contributed by atoms with van der Waals surface area (Å²) >= 11 is 0. The maximum atomic E-state index is 14.1. The molecule has 0 amide bonds. The predicted molar refractivity (Wildman–Crippen MR) is 118 cm³/mol. The fourth-order valence-electron chi connectivity index (χ4n) is 5.33. The van der Waals surface area contributed by atoms with E-state index >= 15 is 0 Å². The minimum Gasteiger partial charge on any atom is -0.468 e. The van der Waals surface area contributed by atoms with Crippen LogP contribution in [0.15, 0.2) is 71.6 Å². The van der Waals surface area contributed by atoms with Crippen molar-refractivity contribution in [2.75, 3.05) is 13.7 Å². The molecule has 0 unspecified atom stereocenters. The molecule has 5 rings (SSSR count). The quantitative estimate of drug-likeness (QED) is 0.505. The first kappa shape index (κ1) is 20.0. The van der Waals surface area contributed by atoms with Gasteiger partial charge in [-0.3, -0.25) is 4.79 Å². The van der Waals surface area contributed by atoms with E-state index in [2.05, 4.69) is 11.4 Å². The van der Waals surface area contributed by atoms with Crippen molar-refractivity contribution in [3.8, 4) is 0 Å². The number of nitrogens with one attached hydrogen (secondary N) is 1. The highest BCUT2D eigenvalue weighted by molar-refractivity contribution is 7.93. The lowest BCUT2D eigenvalue weighted by molar-refractivity contribution is -0.145. The molecule has 2 heterocycles. The minimum absolute atomic E-state index is 0.0462. The number of hydrogen-bond acceptors (Lipinski definition) is 5. The van der Waals surface area contributed by atoms with Gasteiger partial charge in [0.05, 0.1) is 12.0 Å². The van der Waals surface area contributed by atoms with Crippen LogP contribution >= 0.6 is 0 Å². The number of aromatic nitrogens is 1. The second-order valence-corrected chi connectivity index (χ2v) is 10.4. The second-order valence-electron chi connectivity index (χ2n) is 8.15. The van der Waals surface area contributed by atoms with E-state index in [1.54, 1.807) is 30.3 Å². The summed E-state index contributed by atoms with van der Waals surface area (Å²) in [6, 6.07) is 15.9. The lowest BCUT2D eigenvalue weighted by atomic mass is 9.72. The van der Waals surface area contributed by atoms with Crippen molar-refractivity contribution >= 4 is 26.7 Å². The van der Waals surface area contributed by atoms with Crippen LogP contribution in [0.2, 0.25) is 0 Å². The monoisotopic (exact) mass is 436 g/mol. The Morgan fingerprint density at radius 3 is 2.58 bits per heavy atom. The molecule has 160 valence electrons. The van der Waals surface area contributed by atoms with Crippen molar-refractivity contribution in [1.82, 2.24) is 9.88 Å². The van der Waals surface area contributed by atoms with Crippen LogP contribution in [0, 0.1) is 5.92 Å². The van der Waals surface area contributed by atoms with Crippen LogP contribution in [-0.2, 0) is 32.8 Å². The Balaban J connectivity index is 1.86. The number of para-hydroxylation sites is 1. The van der Waals surface area contributed by atoms with Crippen molar-refractivity contribution in [2.45, 2.75) is 22.1 Å². The first-order valence-corrected chi connectivity index (χ1v) is 11.8. The SMILES string of the molecule is COC(=O)[C@@]1(S(=O)(=O)c2ccccc2)Cc2c(c3ccccc3n2C)[C@H]2NCC=C[C@H]21. The third-order valence-corrected chi connectivity index (χ3v) is 9.21. The molecule has 0 fully saturated rings. The maximum Gasteiger partial charge on any atom is 0.328 e. The Morgan fingerprint density at radius 2 is 1.84 bits per heavy atom. The standard InChI is InChI=1S/C24H24N2O4S/c1-26-19-13-7-6-11-17(19)21-20(26)15-24(23(27)30-2,18-12-8-14-25-22(18)21)31(28,29)16-9-4-3-5-10-16/h3-13,18,22,25H,14-15H2,1-2H3/t18-,22+,24-/m1/s1. The topological polar surface area (TPSA) is 77.4 Å². The first-order valence-electron chi connectivity index (χ1n) is 10.3. The van der Waals surface area contributed by atoms with Gasteiger partial charge in [0.2, 0.25) is 0 Å². The molecule has 7 heteroatoms. The molecule has 1 N–H and O–H groups in total. The van der Waals surface area contributed by atoms with Gasteiger partial charge < -0.3 is 14.6 Å². The number of hydrogen-bond donors (Lipinski definition) is 1. The fraction of sp³-hybridized carbons (Fsp3) is 0.292. The highest BCUT2D eigenvalue weighted by Crippen LogP contribution is 2.51. The van der Waals surface area contributed by atoms with Crippen LogP contribution in [0.5, 0.6) is 0 Å². The highest BCUT2D eigenvalue weighted by Gasteiger charge is 2.63. The van der Waals surface area contributed by atoms with Gasteiger partial charge in [-0.1, -0.05) is 48.6 Å². The number of benzene rings is 2. The number of carbonyl (C=O) groups excluding carboxylic acids is 1. The fourth-order valence-corrected chi connectivity index (χ4v) is 7.47. The average Bonchev–Trinajstić information content (AvgIpc) is 3.10. The Kier molecular flexibility index (Phi) is 4.57. The van der Waals surface area contributed by atoms with Gasteiger partial charge in [0.25, 0.3) is 0 Å². The van der Waals surface area contributed by atoms with E-state index in [1.165, 1.54) is 7.11 Å². The zero-order chi connectivity index (χ0) is 21.8. The van der Waals surface area contributed by atoms with Crippen LogP contribution in [0.3, 0.4) is 0 Å². The van der Waals surface area contributed by atoms with Crippen molar-refractivity contribution in [2.24, 2.45) is 13.0 Å². The summed E-state index contributed by atoms with van der Waals surface area (Å²) in [5.74, 6) is -1.33. The van der Waals surface area contributed by atoms with Crippen LogP contribution < -0.4 is 5.32 Å². The number of ether oxygens (including phenoxy) is 1. The Bertz CT molecular complexity index is 1310. The molecule has 2 aliphatic rings. The van der Waals surface area contributed by atoms with Gasteiger partial charge in [0.15, 0.2) is 14.6 Å². The number of esters is 1. The van der Waals surface area contributed by atoms with Crippen LogP contribution in [0.1, 0.15) is 17.3 Å². The van der Waals surface area contributed by atoms with Gasteiger partial charge >= 0.3 is 5.97 Å². The number of carbonyl (C=O) groups is 1. The Morgan fingerprint density at radius 1 is 1.13 bits per heavy atom. The summed E-state index contributed by atoms with van der Waals surface area (Å²) < 4.78 is 33.7. The molecule has 0 saturated carbocycles. The summed E-state index contributed by atoms with van der Waals surface area (Å²) in [5, 5.41) is 4.54. The predicted octanol–water partition coefficient (Wildman–Crippen LogP) is 2.94. The van der Waals surface area contributed by atoms with E-state index in [4.69, 9.17) is 4.74 Å². The number of sulfone groups is 1. The molecule has 1 aliphatic carbocycles. The molecule has 6 nitrogen and oxygen atoms in total. The van der Waals surface area contributed by atoms with Gasteiger partial charge in [0, 0.05) is 48.6 Å². The van der Waals surface area contributed by atoms with E-state index in [0.717, 1.165) is 22.2 Å². The second kappa shape index (κ2) is 7.07. The average molecular weight is 437 g/mol. The van der Waals surface area contributed by atoms with Gasteiger partial charge in [0.1, 0.15) is 0 Å². The lowest BCUT2D eigenvalue weighted by Gasteiger charge is -2.45. The van der Waals surface area contributed by atoms with E-state index in [-0.39, 0.29) is 17.4 Å². The van der Waals surface area contributed by atoms with Crippen molar-refractivity contribution in [1.29, 1.82) is 0 Å². The van der Waals surface area contributed by atoms with Gasteiger partial charge in [-0.2, -0.15) is 0 Å². The molecule has 2 aromatic carbocycles. The summed E-state index contributed by atoms with van der Waals surface area (Å²) in [6.45, 7) is 0.604. The molecular weight excluding hydrogens is 412 g/mol. The molecular formula is C24H24N2O4S. The Hall–Kier alpha value is -2.90. The highest BCUT2D eigenvalue weighted by atomic mass is 32.2. The first-order chi connectivity index (χ1) is 14.9. The van der Waals surface area contributed by atoms with Crippen molar-refractivity contribution in [3.63, 3.8) is 0 Å².